The van der Waals surface area contributed by atoms with Gasteiger partial charge in [0, 0.05) is 5.75 Å². The minimum atomic E-state index is 0.554. The third-order valence-corrected chi connectivity index (χ3v) is 4.82. The number of nitrogens with two attached hydrogens (primary N) is 1. The molecule has 0 bridgehead atoms. The minimum absolute atomic E-state index is 0.554. The first-order valence-corrected chi connectivity index (χ1v) is 8.78. The number of nitrogen functional groups attached to an aromatic ring is 1. The fourth-order valence-corrected chi connectivity index (χ4v) is 3.29. The van der Waals surface area contributed by atoms with E-state index in [0.29, 0.717) is 17.6 Å². The SMILES string of the molecule is COc1ccc(OCCSc2nnc(-c3cccs3)n2N)cc1. The van der Waals surface area contributed by atoms with E-state index in [4.69, 9.17) is 15.3 Å². The highest BCUT2D eigenvalue weighted by Crippen LogP contribution is 2.25. The Morgan fingerprint density at radius 1 is 1.17 bits per heavy atom. The van der Waals surface area contributed by atoms with Crippen molar-refractivity contribution in [1.82, 2.24) is 14.9 Å². The van der Waals surface area contributed by atoms with Gasteiger partial charge in [0.05, 0.1) is 18.6 Å². The van der Waals surface area contributed by atoms with Crippen LogP contribution in [-0.2, 0) is 0 Å². The van der Waals surface area contributed by atoms with Crippen LogP contribution in [0.3, 0.4) is 0 Å². The minimum Gasteiger partial charge on any atom is -0.497 e. The van der Waals surface area contributed by atoms with Crippen molar-refractivity contribution in [3.05, 3.63) is 41.8 Å². The summed E-state index contributed by atoms with van der Waals surface area (Å²) in [5, 5.41) is 10.9. The summed E-state index contributed by atoms with van der Waals surface area (Å²) in [5.74, 6) is 9.06. The number of thiophene rings is 1. The van der Waals surface area contributed by atoms with Gasteiger partial charge in [-0.25, -0.2) is 4.68 Å². The topological polar surface area (TPSA) is 75.2 Å². The Morgan fingerprint density at radius 2 is 1.96 bits per heavy atom. The van der Waals surface area contributed by atoms with Crippen LogP contribution in [-0.4, -0.2) is 34.3 Å². The van der Waals surface area contributed by atoms with Gasteiger partial charge in [-0.1, -0.05) is 17.8 Å². The molecule has 1 aromatic carbocycles. The second kappa shape index (κ2) is 7.38. The summed E-state index contributed by atoms with van der Waals surface area (Å²) in [7, 11) is 1.64. The zero-order chi connectivity index (χ0) is 16.1. The van der Waals surface area contributed by atoms with Gasteiger partial charge in [-0.2, -0.15) is 0 Å². The van der Waals surface area contributed by atoms with E-state index < -0.39 is 0 Å². The lowest BCUT2D eigenvalue weighted by molar-refractivity contribution is 0.342. The molecule has 3 rings (SSSR count). The molecule has 0 aliphatic rings. The third-order valence-electron chi connectivity index (χ3n) is 3.05. The molecule has 0 unspecified atom stereocenters. The first kappa shape index (κ1) is 15.7. The Kier molecular flexibility index (Phi) is 5.04. The number of benzene rings is 1. The predicted molar refractivity (Wildman–Crippen MR) is 92.7 cm³/mol. The van der Waals surface area contributed by atoms with Crippen molar-refractivity contribution >= 4 is 23.1 Å². The van der Waals surface area contributed by atoms with Crippen LogP contribution in [0.2, 0.25) is 0 Å². The van der Waals surface area contributed by atoms with Crippen molar-refractivity contribution in [2.75, 3.05) is 25.3 Å². The van der Waals surface area contributed by atoms with Crippen LogP contribution in [0, 0.1) is 0 Å². The lowest BCUT2D eigenvalue weighted by Crippen LogP contribution is -2.12. The normalized spacial score (nSPS) is 10.7. The zero-order valence-electron chi connectivity index (χ0n) is 12.5. The summed E-state index contributed by atoms with van der Waals surface area (Å²) in [6, 6.07) is 11.4. The monoisotopic (exact) mass is 348 g/mol. The smallest absolute Gasteiger partial charge is 0.210 e. The molecular weight excluding hydrogens is 332 g/mol. The van der Waals surface area contributed by atoms with Gasteiger partial charge < -0.3 is 15.3 Å². The standard InChI is InChI=1S/C15H16N4O2S2/c1-20-11-4-6-12(7-5-11)21-8-10-23-15-18-17-14(19(15)16)13-3-2-9-22-13/h2-7,9H,8,10,16H2,1H3. The molecule has 2 heterocycles. The van der Waals surface area contributed by atoms with E-state index in [2.05, 4.69) is 10.2 Å². The van der Waals surface area contributed by atoms with E-state index >= 15 is 0 Å². The van der Waals surface area contributed by atoms with Crippen molar-refractivity contribution in [3.8, 4) is 22.2 Å². The van der Waals surface area contributed by atoms with Crippen LogP contribution < -0.4 is 15.3 Å². The number of ether oxygens (including phenoxy) is 2. The fourth-order valence-electron chi connectivity index (χ4n) is 1.91. The highest BCUT2D eigenvalue weighted by Gasteiger charge is 2.12. The average molecular weight is 348 g/mol. The largest absolute Gasteiger partial charge is 0.497 e. The molecule has 3 aromatic rings. The van der Waals surface area contributed by atoms with Crippen LogP contribution in [0.25, 0.3) is 10.7 Å². The van der Waals surface area contributed by atoms with Crippen molar-refractivity contribution in [1.29, 1.82) is 0 Å². The molecule has 0 aliphatic carbocycles. The molecule has 0 spiro atoms. The van der Waals surface area contributed by atoms with Crippen molar-refractivity contribution < 1.29 is 9.47 Å². The molecule has 0 aliphatic heterocycles. The molecule has 0 radical (unpaired) electrons. The van der Waals surface area contributed by atoms with Gasteiger partial charge >= 0.3 is 0 Å². The summed E-state index contributed by atoms with van der Waals surface area (Å²) in [6.07, 6.45) is 0. The molecule has 0 fully saturated rings. The number of methoxy groups -OCH3 is 1. The predicted octanol–water partition coefficient (Wildman–Crippen LogP) is 2.90. The Labute approximate surface area is 142 Å². The maximum atomic E-state index is 6.04. The Morgan fingerprint density at radius 3 is 2.65 bits per heavy atom. The van der Waals surface area contributed by atoms with Crippen molar-refractivity contribution in [2.45, 2.75) is 5.16 Å². The highest BCUT2D eigenvalue weighted by atomic mass is 32.2. The Balaban J connectivity index is 1.51. The molecule has 0 saturated carbocycles. The highest BCUT2D eigenvalue weighted by molar-refractivity contribution is 7.99. The maximum absolute atomic E-state index is 6.04. The number of hydrogen-bond acceptors (Lipinski definition) is 7. The molecular formula is C15H16N4O2S2. The summed E-state index contributed by atoms with van der Waals surface area (Å²) < 4.78 is 12.3. The second-order valence-electron chi connectivity index (χ2n) is 4.53. The van der Waals surface area contributed by atoms with E-state index in [1.807, 2.05) is 41.8 Å². The summed E-state index contributed by atoms with van der Waals surface area (Å²) in [6.45, 7) is 0.554. The van der Waals surface area contributed by atoms with E-state index in [1.54, 1.807) is 18.4 Å². The number of aromatic nitrogens is 3. The molecule has 6 nitrogen and oxygen atoms in total. The van der Waals surface area contributed by atoms with Crippen LogP contribution >= 0.6 is 23.1 Å². The maximum Gasteiger partial charge on any atom is 0.210 e. The van der Waals surface area contributed by atoms with E-state index in [-0.39, 0.29) is 0 Å². The van der Waals surface area contributed by atoms with Gasteiger partial charge in [-0.15, -0.1) is 21.5 Å². The summed E-state index contributed by atoms with van der Waals surface area (Å²) in [4.78, 5) is 1.00. The Bertz CT molecular complexity index is 741. The quantitative estimate of drug-likeness (QED) is 0.402. The van der Waals surface area contributed by atoms with Crippen molar-refractivity contribution in [3.63, 3.8) is 0 Å². The lowest BCUT2D eigenvalue weighted by Gasteiger charge is -2.06. The first-order valence-electron chi connectivity index (χ1n) is 6.92. The molecule has 120 valence electrons. The molecule has 8 heteroatoms. The van der Waals surface area contributed by atoms with Crippen LogP contribution in [0.1, 0.15) is 0 Å². The van der Waals surface area contributed by atoms with Gasteiger partial charge in [-0.05, 0) is 35.7 Å². The first-order chi connectivity index (χ1) is 11.3. The number of rotatable bonds is 7. The van der Waals surface area contributed by atoms with Gasteiger partial charge in [0.2, 0.25) is 5.16 Å². The van der Waals surface area contributed by atoms with Crippen LogP contribution in [0.4, 0.5) is 0 Å². The Hall–Kier alpha value is -2.19. The number of hydrogen-bond donors (Lipinski definition) is 1. The van der Waals surface area contributed by atoms with Gasteiger partial charge in [-0.3, -0.25) is 0 Å². The van der Waals surface area contributed by atoms with Crippen LogP contribution in [0.5, 0.6) is 11.5 Å². The molecule has 23 heavy (non-hydrogen) atoms. The van der Waals surface area contributed by atoms with E-state index in [9.17, 15) is 0 Å². The zero-order valence-corrected chi connectivity index (χ0v) is 14.1. The van der Waals surface area contributed by atoms with Gasteiger partial charge in [0.25, 0.3) is 0 Å². The molecule has 0 saturated heterocycles. The van der Waals surface area contributed by atoms with Crippen LogP contribution in [0.15, 0.2) is 46.9 Å². The summed E-state index contributed by atoms with van der Waals surface area (Å²) in [5.41, 5.74) is 0. The fraction of sp³-hybridized carbons (Fsp3) is 0.200. The average Bonchev–Trinajstić information content (AvgIpc) is 3.22. The molecule has 2 aromatic heterocycles. The second-order valence-corrected chi connectivity index (χ2v) is 6.54. The number of thioether (sulfide) groups is 1. The molecule has 0 amide bonds. The van der Waals surface area contributed by atoms with Gasteiger partial charge in [0.15, 0.2) is 5.82 Å². The molecule has 0 atom stereocenters. The number of nitrogens with zero attached hydrogens (tertiary/aromatic N) is 3. The molecule has 2 N–H and O–H groups in total. The lowest BCUT2D eigenvalue weighted by atomic mass is 10.3. The van der Waals surface area contributed by atoms with Gasteiger partial charge in [0.1, 0.15) is 11.5 Å². The summed E-state index contributed by atoms with van der Waals surface area (Å²) >= 11 is 3.10. The third kappa shape index (κ3) is 3.77. The van der Waals surface area contributed by atoms with E-state index in [1.165, 1.54) is 16.4 Å². The van der Waals surface area contributed by atoms with E-state index in [0.717, 1.165) is 22.1 Å². The van der Waals surface area contributed by atoms with Crippen molar-refractivity contribution in [2.24, 2.45) is 0 Å².